The van der Waals surface area contributed by atoms with Crippen LogP contribution in [0.4, 0.5) is 5.69 Å². The molecule has 8 nitrogen and oxygen atoms in total. The Hall–Kier alpha value is -2.83. The summed E-state index contributed by atoms with van der Waals surface area (Å²) >= 11 is 0. The molecule has 0 radical (unpaired) electrons. The van der Waals surface area contributed by atoms with E-state index in [1.54, 1.807) is 37.3 Å². The summed E-state index contributed by atoms with van der Waals surface area (Å²) in [6.07, 6.45) is 0. The molecule has 0 saturated carbocycles. The third-order valence-electron chi connectivity index (χ3n) is 3.32. The van der Waals surface area contributed by atoms with Crippen LogP contribution in [0, 0.1) is 0 Å². The molecule has 0 aromatic heterocycles. The highest BCUT2D eigenvalue weighted by Crippen LogP contribution is 2.45. The maximum atomic E-state index is 13.3. The Morgan fingerprint density at radius 2 is 1.70 bits per heavy atom. The van der Waals surface area contributed by atoms with Crippen LogP contribution in [0.25, 0.3) is 0 Å². The molecular formula is C18H22N2O6P+. The van der Waals surface area contributed by atoms with Gasteiger partial charge in [0.1, 0.15) is 17.5 Å². The third-order valence-corrected chi connectivity index (χ3v) is 4.93. The van der Waals surface area contributed by atoms with Gasteiger partial charge in [-0.1, -0.05) is 18.2 Å². The Labute approximate surface area is 157 Å². The summed E-state index contributed by atoms with van der Waals surface area (Å²) < 4.78 is 29.9. The number of hydrogen-bond acceptors (Lipinski definition) is 6. The first-order valence-electron chi connectivity index (χ1n) is 8.21. The van der Waals surface area contributed by atoms with E-state index >= 15 is 0 Å². The van der Waals surface area contributed by atoms with Crippen molar-refractivity contribution in [3.63, 3.8) is 0 Å². The molecular weight excluding hydrogens is 371 g/mol. The fraction of sp³-hybridized carbons (Fsp3) is 0.222. The van der Waals surface area contributed by atoms with Gasteiger partial charge in [-0.15, -0.1) is 0 Å². The Morgan fingerprint density at radius 1 is 1.15 bits per heavy atom. The SMILES string of the molecule is C=[N+](O)c1ccc(O[P@@](=O)(N[C@@H](C)C(=O)OCC)Oc2ccccc2)cc1. The van der Waals surface area contributed by atoms with Gasteiger partial charge in [0.05, 0.1) is 6.61 Å². The van der Waals surface area contributed by atoms with E-state index < -0.39 is 19.8 Å². The first kappa shape index (κ1) is 20.5. The van der Waals surface area contributed by atoms with E-state index in [2.05, 4.69) is 11.8 Å². The van der Waals surface area contributed by atoms with E-state index in [9.17, 15) is 14.6 Å². The van der Waals surface area contributed by atoms with Crippen molar-refractivity contribution < 1.29 is 33.1 Å². The number of para-hydroxylation sites is 1. The number of ether oxygens (including phenoxy) is 1. The second-order valence-electron chi connectivity index (χ2n) is 5.49. The first-order chi connectivity index (χ1) is 12.8. The van der Waals surface area contributed by atoms with Gasteiger partial charge in [-0.25, -0.2) is 4.57 Å². The Balaban J connectivity index is 2.23. The van der Waals surface area contributed by atoms with E-state index in [0.29, 0.717) is 16.2 Å². The minimum atomic E-state index is -3.98. The average Bonchev–Trinajstić information content (AvgIpc) is 2.62. The van der Waals surface area contributed by atoms with Crippen molar-refractivity contribution >= 4 is 26.1 Å². The lowest BCUT2D eigenvalue weighted by Gasteiger charge is -2.23. The maximum absolute atomic E-state index is 13.3. The highest BCUT2D eigenvalue weighted by molar-refractivity contribution is 7.52. The molecule has 0 aliphatic rings. The Morgan fingerprint density at radius 3 is 2.22 bits per heavy atom. The van der Waals surface area contributed by atoms with Gasteiger partial charge in [0, 0.05) is 16.9 Å². The van der Waals surface area contributed by atoms with Gasteiger partial charge in [0.2, 0.25) is 0 Å². The molecule has 0 saturated heterocycles. The van der Waals surface area contributed by atoms with Crippen molar-refractivity contribution in [3.8, 4) is 11.5 Å². The molecule has 0 amide bonds. The summed E-state index contributed by atoms with van der Waals surface area (Å²) in [5, 5.41) is 11.9. The van der Waals surface area contributed by atoms with E-state index in [1.165, 1.54) is 31.2 Å². The molecule has 0 aliphatic heterocycles. The van der Waals surface area contributed by atoms with Gasteiger partial charge in [-0.3, -0.25) is 10.0 Å². The number of nitrogens with one attached hydrogen (secondary N) is 1. The van der Waals surface area contributed by atoms with Crippen molar-refractivity contribution in [2.24, 2.45) is 0 Å². The number of carbonyl (C=O) groups excluding carboxylic acids is 1. The van der Waals surface area contributed by atoms with Crippen molar-refractivity contribution in [2.75, 3.05) is 6.61 Å². The van der Waals surface area contributed by atoms with Gasteiger partial charge in [0.25, 0.3) is 5.69 Å². The number of rotatable bonds is 9. The lowest BCUT2D eigenvalue weighted by atomic mass is 10.3. The number of carbonyl (C=O) groups is 1. The summed E-state index contributed by atoms with van der Waals surface area (Å²) in [7, 11) is -3.98. The Kier molecular flexibility index (Phi) is 6.98. The second-order valence-corrected chi connectivity index (χ2v) is 7.11. The van der Waals surface area contributed by atoms with Crippen LogP contribution in [0.2, 0.25) is 0 Å². The molecule has 0 unspecified atom stereocenters. The second kappa shape index (κ2) is 9.21. The molecule has 2 atom stereocenters. The topological polar surface area (TPSA) is 97.1 Å². The summed E-state index contributed by atoms with van der Waals surface area (Å²) in [5.41, 5.74) is 0.411. The fourth-order valence-electron chi connectivity index (χ4n) is 2.07. The number of hydrogen-bond donors (Lipinski definition) is 2. The quantitative estimate of drug-likeness (QED) is 0.168. The molecule has 2 rings (SSSR count). The van der Waals surface area contributed by atoms with Crippen LogP contribution in [-0.4, -0.2) is 35.3 Å². The van der Waals surface area contributed by atoms with Gasteiger partial charge in [-0.2, -0.15) is 5.09 Å². The largest absolute Gasteiger partial charge is 0.513 e. The molecule has 0 aliphatic carbocycles. The molecule has 27 heavy (non-hydrogen) atoms. The highest BCUT2D eigenvalue weighted by Gasteiger charge is 2.33. The van der Waals surface area contributed by atoms with E-state index in [4.69, 9.17) is 13.8 Å². The molecule has 2 aromatic carbocycles. The third kappa shape index (κ3) is 6.13. The molecule has 9 heteroatoms. The average molecular weight is 393 g/mol. The maximum Gasteiger partial charge on any atom is 0.513 e. The van der Waals surface area contributed by atoms with Crippen LogP contribution in [0.1, 0.15) is 13.8 Å². The van der Waals surface area contributed by atoms with Crippen molar-refractivity contribution in [1.82, 2.24) is 5.09 Å². The van der Waals surface area contributed by atoms with Crippen LogP contribution >= 0.6 is 7.75 Å². The van der Waals surface area contributed by atoms with Crippen LogP contribution in [-0.2, 0) is 14.1 Å². The number of benzene rings is 2. The van der Waals surface area contributed by atoms with Crippen molar-refractivity contribution in [1.29, 1.82) is 0 Å². The van der Waals surface area contributed by atoms with Gasteiger partial charge >= 0.3 is 13.7 Å². The monoisotopic (exact) mass is 393 g/mol. The number of esters is 1. The zero-order valence-electron chi connectivity index (χ0n) is 15.1. The van der Waals surface area contributed by atoms with Crippen LogP contribution in [0.3, 0.4) is 0 Å². The summed E-state index contributed by atoms with van der Waals surface area (Å²) in [6.45, 7) is 6.72. The van der Waals surface area contributed by atoms with Gasteiger partial charge in [-0.05, 0) is 38.1 Å². The molecule has 2 N–H and O–H groups in total. The molecule has 0 spiro atoms. The van der Waals surface area contributed by atoms with E-state index in [0.717, 1.165) is 0 Å². The Bertz CT molecular complexity index is 826. The molecule has 0 heterocycles. The van der Waals surface area contributed by atoms with Crippen LogP contribution < -0.4 is 14.1 Å². The summed E-state index contributed by atoms with van der Waals surface area (Å²) in [6, 6.07) is 13.5. The van der Waals surface area contributed by atoms with Crippen molar-refractivity contribution in [3.05, 3.63) is 54.6 Å². The zero-order valence-corrected chi connectivity index (χ0v) is 16.0. The molecule has 0 fully saturated rings. The summed E-state index contributed by atoms with van der Waals surface area (Å²) in [4.78, 5) is 11.9. The van der Waals surface area contributed by atoms with Gasteiger partial charge in [0.15, 0.2) is 6.72 Å². The minimum absolute atomic E-state index is 0.194. The van der Waals surface area contributed by atoms with Crippen LogP contribution in [0.5, 0.6) is 11.5 Å². The predicted octanol–water partition coefficient (Wildman–Crippen LogP) is 3.53. The van der Waals surface area contributed by atoms with Crippen molar-refractivity contribution in [2.45, 2.75) is 19.9 Å². The van der Waals surface area contributed by atoms with Gasteiger partial charge < -0.3 is 13.8 Å². The van der Waals surface area contributed by atoms with E-state index in [-0.39, 0.29) is 12.4 Å². The predicted molar refractivity (Wildman–Crippen MR) is 99.8 cm³/mol. The van der Waals surface area contributed by atoms with Crippen LogP contribution in [0.15, 0.2) is 54.6 Å². The first-order valence-corrected chi connectivity index (χ1v) is 9.75. The zero-order chi connectivity index (χ0) is 19.9. The standard InChI is InChI=1S/C18H22N2O6P/c1-4-24-18(21)14(2)19-27(23,25-16-8-6-5-7-9-16)26-17-12-10-15(11-13-17)20(3)22/h5-14,22H,3-4H2,1-2H3,(H,19,23)/q+1/t14-,27+/m0/s1. The lowest BCUT2D eigenvalue weighted by Crippen LogP contribution is -2.35. The molecule has 144 valence electrons. The van der Waals surface area contributed by atoms with E-state index in [1.807, 2.05) is 0 Å². The molecule has 0 bridgehead atoms. The molecule has 2 aromatic rings. The fourth-order valence-corrected chi connectivity index (χ4v) is 3.59. The highest BCUT2D eigenvalue weighted by atomic mass is 31.2. The normalized spacial score (nSPS) is 13.9. The lowest BCUT2D eigenvalue weighted by molar-refractivity contribution is -0.706. The smallest absolute Gasteiger partial charge is 0.465 e. The minimum Gasteiger partial charge on any atom is -0.465 e. The number of nitrogens with zero attached hydrogens (tertiary/aromatic N) is 1. The summed E-state index contributed by atoms with van der Waals surface area (Å²) in [5.74, 6) is -0.0648.